The third-order valence-electron chi connectivity index (χ3n) is 2.08. The van der Waals surface area contributed by atoms with E-state index in [1.165, 1.54) is 0 Å². The maximum atomic E-state index is 11.8. The van der Waals surface area contributed by atoms with Crippen LogP contribution < -0.4 is 0 Å². The van der Waals surface area contributed by atoms with Crippen LogP contribution in [0.2, 0.25) is 0 Å². The Balaban J connectivity index is 2.90. The molecular weight excluding hydrogens is 208 g/mol. The van der Waals surface area contributed by atoms with Crippen LogP contribution in [0.25, 0.3) is 0 Å². The summed E-state index contributed by atoms with van der Waals surface area (Å²) >= 11 is 0. The van der Waals surface area contributed by atoms with Crippen molar-refractivity contribution in [1.29, 1.82) is 0 Å². The summed E-state index contributed by atoms with van der Waals surface area (Å²) in [6.07, 6.45) is 0.0602. The quantitative estimate of drug-likeness (QED) is 0.506. The molecule has 0 aromatic rings. The molecule has 0 N–H and O–H groups in total. The lowest BCUT2D eigenvalue weighted by molar-refractivity contribution is -0.151. The molecule has 0 saturated heterocycles. The third kappa shape index (κ3) is 3.08. The summed E-state index contributed by atoms with van der Waals surface area (Å²) in [4.78, 5) is 23.5. The lowest BCUT2D eigenvalue weighted by Crippen LogP contribution is -2.32. The van der Waals surface area contributed by atoms with Crippen molar-refractivity contribution in [2.24, 2.45) is 0 Å². The molecule has 1 atom stereocenters. The summed E-state index contributed by atoms with van der Waals surface area (Å²) in [5, 5.41) is 0. The van der Waals surface area contributed by atoms with E-state index in [9.17, 15) is 9.59 Å². The zero-order chi connectivity index (χ0) is 12.5. The molecular formula is C12H18O4. The van der Waals surface area contributed by atoms with Crippen molar-refractivity contribution in [3.05, 3.63) is 11.3 Å². The number of esters is 1. The molecule has 0 radical (unpaired) electrons. The fraction of sp³-hybridized carbons (Fsp3) is 0.667. The predicted molar refractivity (Wildman–Crippen MR) is 58.7 cm³/mol. The maximum Gasteiger partial charge on any atom is 0.345 e. The zero-order valence-corrected chi connectivity index (χ0v) is 10.4. The fourth-order valence-corrected chi connectivity index (χ4v) is 1.55. The minimum absolute atomic E-state index is 0.0491. The molecule has 1 aliphatic heterocycles. The Kier molecular flexibility index (Phi) is 3.41. The van der Waals surface area contributed by atoms with Gasteiger partial charge in [0.15, 0.2) is 5.78 Å². The van der Waals surface area contributed by atoms with Crippen molar-refractivity contribution in [3.63, 3.8) is 0 Å². The second-order valence-electron chi connectivity index (χ2n) is 4.99. The van der Waals surface area contributed by atoms with E-state index in [1.807, 2.05) is 0 Å². The van der Waals surface area contributed by atoms with Gasteiger partial charge in [-0.25, -0.2) is 4.79 Å². The Bertz CT molecular complexity index is 347. The molecule has 0 spiro atoms. The molecule has 1 unspecified atom stereocenters. The van der Waals surface area contributed by atoms with Gasteiger partial charge in [-0.3, -0.25) is 4.79 Å². The van der Waals surface area contributed by atoms with Crippen LogP contribution in [0.3, 0.4) is 0 Å². The maximum absolute atomic E-state index is 11.8. The number of hydrogen-bond donors (Lipinski definition) is 0. The Morgan fingerprint density at radius 2 is 2.00 bits per heavy atom. The number of ether oxygens (including phenoxy) is 2. The molecule has 16 heavy (non-hydrogen) atoms. The van der Waals surface area contributed by atoms with Gasteiger partial charge in [0.1, 0.15) is 23.0 Å². The van der Waals surface area contributed by atoms with Crippen molar-refractivity contribution >= 4 is 11.8 Å². The predicted octanol–water partition coefficient (Wildman–Crippen LogP) is 1.98. The van der Waals surface area contributed by atoms with E-state index < -0.39 is 11.6 Å². The van der Waals surface area contributed by atoms with E-state index in [0.29, 0.717) is 5.76 Å². The van der Waals surface area contributed by atoms with Crippen molar-refractivity contribution in [3.8, 4) is 0 Å². The number of carbonyl (C=O) groups excluding carboxylic acids is 2. The normalized spacial score (nSPS) is 21.8. The second-order valence-corrected chi connectivity index (χ2v) is 4.99. The van der Waals surface area contributed by atoms with Crippen molar-refractivity contribution in [1.82, 2.24) is 0 Å². The van der Waals surface area contributed by atoms with Crippen LogP contribution in [0.5, 0.6) is 0 Å². The van der Waals surface area contributed by atoms with Gasteiger partial charge in [-0.2, -0.15) is 0 Å². The SMILES string of the molecule is CC1=C(C(=O)OC(C)(C)C)C(=O)CC(C)O1. The number of hydrogen-bond acceptors (Lipinski definition) is 4. The largest absolute Gasteiger partial charge is 0.494 e. The molecule has 0 aromatic heterocycles. The van der Waals surface area contributed by atoms with Crippen LogP contribution in [0.15, 0.2) is 11.3 Å². The number of Topliss-reactive ketones (excluding diaryl/α,β-unsaturated/α-hetero) is 1. The first-order valence-electron chi connectivity index (χ1n) is 5.35. The van der Waals surface area contributed by atoms with E-state index in [2.05, 4.69) is 0 Å². The molecule has 0 aromatic carbocycles. The Morgan fingerprint density at radius 3 is 2.44 bits per heavy atom. The smallest absolute Gasteiger partial charge is 0.345 e. The number of rotatable bonds is 1. The molecule has 1 aliphatic rings. The average molecular weight is 226 g/mol. The molecule has 0 amide bonds. The van der Waals surface area contributed by atoms with Crippen molar-refractivity contribution in [2.45, 2.75) is 52.7 Å². The minimum atomic E-state index is -0.603. The van der Waals surface area contributed by atoms with Gasteiger partial charge < -0.3 is 9.47 Å². The monoisotopic (exact) mass is 226 g/mol. The van der Waals surface area contributed by atoms with Crippen molar-refractivity contribution < 1.29 is 19.1 Å². The molecule has 0 aliphatic carbocycles. The van der Waals surface area contributed by atoms with E-state index in [0.717, 1.165) is 0 Å². The molecule has 0 bridgehead atoms. The van der Waals surface area contributed by atoms with Gasteiger partial charge in [-0.1, -0.05) is 0 Å². The van der Waals surface area contributed by atoms with Gasteiger partial charge in [-0.15, -0.1) is 0 Å². The summed E-state index contributed by atoms with van der Waals surface area (Å²) < 4.78 is 10.5. The van der Waals surface area contributed by atoms with Crippen molar-refractivity contribution in [2.75, 3.05) is 0 Å². The van der Waals surface area contributed by atoms with Crippen LogP contribution in [-0.4, -0.2) is 23.5 Å². The molecule has 1 rings (SSSR count). The summed E-state index contributed by atoms with van der Waals surface area (Å²) in [5.74, 6) is -0.439. The molecule has 0 fully saturated rings. The van der Waals surface area contributed by atoms with Gasteiger partial charge in [0.2, 0.25) is 0 Å². The van der Waals surface area contributed by atoms with Gasteiger partial charge >= 0.3 is 5.97 Å². The summed E-state index contributed by atoms with van der Waals surface area (Å²) in [6, 6.07) is 0. The van der Waals surface area contributed by atoms with Crippen LogP contribution in [-0.2, 0) is 19.1 Å². The number of allylic oxidation sites excluding steroid dienone is 1. The van der Waals surface area contributed by atoms with Gasteiger partial charge in [0, 0.05) is 6.42 Å². The highest BCUT2D eigenvalue weighted by Gasteiger charge is 2.32. The highest BCUT2D eigenvalue weighted by molar-refractivity contribution is 6.18. The van der Waals surface area contributed by atoms with Gasteiger partial charge in [0.05, 0.1) is 0 Å². The van der Waals surface area contributed by atoms with E-state index in [-0.39, 0.29) is 23.9 Å². The second kappa shape index (κ2) is 4.28. The third-order valence-corrected chi connectivity index (χ3v) is 2.08. The van der Waals surface area contributed by atoms with Crippen LogP contribution in [0.1, 0.15) is 41.0 Å². The highest BCUT2D eigenvalue weighted by atomic mass is 16.6. The van der Waals surface area contributed by atoms with E-state index >= 15 is 0 Å². The molecule has 4 heteroatoms. The lowest BCUT2D eigenvalue weighted by atomic mass is 10.0. The Morgan fingerprint density at radius 1 is 1.44 bits per heavy atom. The molecule has 90 valence electrons. The number of carbonyl (C=O) groups is 2. The summed E-state index contributed by atoms with van der Waals surface area (Å²) in [7, 11) is 0. The van der Waals surface area contributed by atoms with E-state index in [1.54, 1.807) is 34.6 Å². The molecule has 4 nitrogen and oxygen atoms in total. The Hall–Kier alpha value is -1.32. The lowest BCUT2D eigenvalue weighted by Gasteiger charge is -2.25. The minimum Gasteiger partial charge on any atom is -0.494 e. The summed E-state index contributed by atoms with van der Waals surface area (Å²) in [6.45, 7) is 8.70. The molecule has 0 saturated carbocycles. The standard InChI is InChI=1S/C12H18O4/c1-7-6-9(13)10(8(2)15-7)11(14)16-12(3,4)5/h7H,6H2,1-5H3. The van der Waals surface area contributed by atoms with Crippen LogP contribution >= 0.6 is 0 Å². The van der Waals surface area contributed by atoms with Gasteiger partial charge in [-0.05, 0) is 34.6 Å². The number of ketones is 1. The van der Waals surface area contributed by atoms with Crippen LogP contribution in [0.4, 0.5) is 0 Å². The topological polar surface area (TPSA) is 52.6 Å². The van der Waals surface area contributed by atoms with E-state index in [4.69, 9.17) is 9.47 Å². The average Bonchev–Trinajstić information content (AvgIpc) is 1.96. The fourth-order valence-electron chi connectivity index (χ4n) is 1.55. The zero-order valence-electron chi connectivity index (χ0n) is 10.4. The van der Waals surface area contributed by atoms with Gasteiger partial charge in [0.25, 0.3) is 0 Å². The Labute approximate surface area is 95.6 Å². The van der Waals surface area contributed by atoms with Crippen LogP contribution in [0, 0.1) is 0 Å². The summed E-state index contributed by atoms with van der Waals surface area (Å²) in [5.41, 5.74) is -0.554. The first-order chi connectivity index (χ1) is 7.20. The first-order valence-corrected chi connectivity index (χ1v) is 5.35. The highest BCUT2D eigenvalue weighted by Crippen LogP contribution is 2.23. The molecule has 1 heterocycles. The first kappa shape index (κ1) is 12.7.